The third-order valence-electron chi connectivity index (χ3n) is 4.25. The molecule has 1 atom stereocenters. The van der Waals surface area contributed by atoms with Gasteiger partial charge in [-0.1, -0.05) is 26.0 Å². The molecule has 10 heteroatoms. The van der Waals surface area contributed by atoms with Gasteiger partial charge in [0.25, 0.3) is 11.6 Å². The number of nitro groups is 1. The van der Waals surface area contributed by atoms with E-state index in [1.165, 1.54) is 23.6 Å². The lowest BCUT2D eigenvalue weighted by Gasteiger charge is -2.20. The van der Waals surface area contributed by atoms with Crippen LogP contribution in [0.15, 0.2) is 40.8 Å². The zero-order valence-electron chi connectivity index (χ0n) is 17.3. The molecule has 0 aliphatic heterocycles. The van der Waals surface area contributed by atoms with Gasteiger partial charge >= 0.3 is 0 Å². The molecule has 1 aromatic heterocycles. The first-order chi connectivity index (χ1) is 14.2. The van der Waals surface area contributed by atoms with Crippen LogP contribution in [0, 0.1) is 16.0 Å². The maximum atomic E-state index is 12.5. The lowest BCUT2D eigenvalue weighted by molar-refractivity contribution is -0.384. The standard InChI is InChI=1S/C20H25N5O4S/c1-13(2)19(22-18(26)11-15-6-5-9-30-15)20(27)23-21-12-14-7-8-16(24(3)4)17(10-14)25(28)29/h5-10,12-13,19H,11H2,1-4H3,(H,22,26)(H,23,27)/b21-12-/t19-/m1/s1. The Morgan fingerprint density at radius 2 is 2.03 bits per heavy atom. The predicted octanol–water partition coefficient (Wildman–Crippen LogP) is 2.56. The van der Waals surface area contributed by atoms with E-state index in [1.807, 2.05) is 31.4 Å². The van der Waals surface area contributed by atoms with E-state index in [2.05, 4.69) is 15.8 Å². The van der Waals surface area contributed by atoms with E-state index in [-0.39, 0.29) is 23.9 Å². The lowest BCUT2D eigenvalue weighted by Crippen LogP contribution is -2.49. The minimum atomic E-state index is -0.750. The van der Waals surface area contributed by atoms with Crippen molar-refractivity contribution in [3.8, 4) is 0 Å². The van der Waals surface area contributed by atoms with Crippen molar-refractivity contribution in [2.75, 3.05) is 19.0 Å². The van der Waals surface area contributed by atoms with E-state index < -0.39 is 16.9 Å². The number of hydrazone groups is 1. The van der Waals surface area contributed by atoms with Crippen molar-refractivity contribution < 1.29 is 14.5 Å². The molecule has 1 heterocycles. The van der Waals surface area contributed by atoms with Crippen molar-refractivity contribution in [1.29, 1.82) is 0 Å². The Kier molecular flexibility index (Phi) is 8.05. The van der Waals surface area contributed by atoms with Gasteiger partial charge in [-0.05, 0) is 23.4 Å². The molecule has 1 aromatic carbocycles. The van der Waals surface area contributed by atoms with Crippen LogP contribution in [0.5, 0.6) is 0 Å². The average molecular weight is 432 g/mol. The van der Waals surface area contributed by atoms with Crippen LogP contribution >= 0.6 is 11.3 Å². The fourth-order valence-corrected chi connectivity index (χ4v) is 3.42. The number of thiophene rings is 1. The number of hydrogen-bond acceptors (Lipinski definition) is 7. The molecule has 9 nitrogen and oxygen atoms in total. The van der Waals surface area contributed by atoms with Gasteiger partial charge < -0.3 is 10.2 Å². The SMILES string of the molecule is CC(C)[C@@H](NC(=O)Cc1cccs1)C(=O)N/N=C\c1ccc(N(C)C)c([N+](=O)[O-])c1. The summed E-state index contributed by atoms with van der Waals surface area (Å²) in [5.74, 6) is -0.849. The molecule has 0 saturated carbocycles. The van der Waals surface area contributed by atoms with E-state index in [0.717, 1.165) is 4.88 Å². The highest BCUT2D eigenvalue weighted by Gasteiger charge is 2.24. The minimum absolute atomic E-state index is 0.0591. The van der Waals surface area contributed by atoms with Gasteiger partial charge in [0.05, 0.1) is 17.6 Å². The molecule has 2 amide bonds. The molecule has 2 N–H and O–H groups in total. The minimum Gasteiger partial charge on any atom is -0.372 e. The Labute approximate surface area is 178 Å². The van der Waals surface area contributed by atoms with Crippen molar-refractivity contribution in [1.82, 2.24) is 10.7 Å². The highest BCUT2D eigenvalue weighted by atomic mass is 32.1. The second kappa shape index (κ2) is 10.5. The molecule has 30 heavy (non-hydrogen) atoms. The van der Waals surface area contributed by atoms with Crippen LogP contribution in [-0.2, 0) is 16.0 Å². The smallest absolute Gasteiger partial charge is 0.293 e. The van der Waals surface area contributed by atoms with Gasteiger partial charge in [0.1, 0.15) is 11.7 Å². The molecule has 160 valence electrons. The van der Waals surface area contributed by atoms with E-state index >= 15 is 0 Å². The summed E-state index contributed by atoms with van der Waals surface area (Å²) >= 11 is 1.48. The molecule has 0 aliphatic rings. The third kappa shape index (κ3) is 6.38. The van der Waals surface area contributed by atoms with Crippen molar-refractivity contribution in [3.05, 3.63) is 56.3 Å². The van der Waals surface area contributed by atoms with Crippen LogP contribution in [0.3, 0.4) is 0 Å². The average Bonchev–Trinajstić information content (AvgIpc) is 3.18. The first-order valence-corrected chi connectivity index (χ1v) is 10.2. The van der Waals surface area contributed by atoms with Gasteiger partial charge in [0.2, 0.25) is 5.91 Å². The molecule has 0 radical (unpaired) electrons. The van der Waals surface area contributed by atoms with Crippen LogP contribution in [0.2, 0.25) is 0 Å². The summed E-state index contributed by atoms with van der Waals surface area (Å²) < 4.78 is 0. The molecule has 2 aromatic rings. The first kappa shape index (κ1) is 23.0. The lowest BCUT2D eigenvalue weighted by atomic mass is 10.0. The largest absolute Gasteiger partial charge is 0.372 e. The van der Waals surface area contributed by atoms with Crippen LogP contribution in [0.1, 0.15) is 24.3 Å². The molecule has 0 aliphatic carbocycles. The van der Waals surface area contributed by atoms with E-state index in [1.54, 1.807) is 31.1 Å². The molecule has 0 saturated heterocycles. The number of benzene rings is 1. The van der Waals surface area contributed by atoms with Gasteiger partial charge in [-0.15, -0.1) is 11.3 Å². The quantitative estimate of drug-likeness (QED) is 0.359. The Hall–Kier alpha value is -3.27. The number of nitrogens with zero attached hydrogens (tertiary/aromatic N) is 3. The van der Waals surface area contributed by atoms with Crippen LogP contribution in [0.25, 0.3) is 0 Å². The van der Waals surface area contributed by atoms with Crippen LogP contribution < -0.4 is 15.6 Å². The summed E-state index contributed by atoms with van der Waals surface area (Å²) in [4.78, 5) is 38.1. The molecule has 0 unspecified atom stereocenters. The predicted molar refractivity (Wildman–Crippen MR) is 118 cm³/mol. The normalized spacial score (nSPS) is 12.0. The number of hydrogen-bond donors (Lipinski definition) is 2. The summed E-state index contributed by atoms with van der Waals surface area (Å²) in [5, 5.41) is 19.8. The summed E-state index contributed by atoms with van der Waals surface area (Å²) in [6, 6.07) is 7.64. The maximum Gasteiger partial charge on any atom is 0.293 e. The van der Waals surface area contributed by atoms with Crippen molar-refractivity contribution in [2.45, 2.75) is 26.3 Å². The first-order valence-electron chi connectivity index (χ1n) is 9.29. The van der Waals surface area contributed by atoms with Crippen molar-refractivity contribution in [2.24, 2.45) is 11.0 Å². The molecule has 0 fully saturated rings. The van der Waals surface area contributed by atoms with Crippen molar-refractivity contribution >= 4 is 40.7 Å². The monoisotopic (exact) mass is 431 g/mol. The number of rotatable bonds is 9. The molecular weight excluding hydrogens is 406 g/mol. The zero-order chi connectivity index (χ0) is 22.3. The fraction of sp³-hybridized carbons (Fsp3) is 0.350. The zero-order valence-corrected chi connectivity index (χ0v) is 18.1. The number of nitrogens with one attached hydrogen (secondary N) is 2. The van der Waals surface area contributed by atoms with Gasteiger partial charge in [0.15, 0.2) is 0 Å². The molecule has 2 rings (SSSR count). The van der Waals surface area contributed by atoms with Gasteiger partial charge in [-0.2, -0.15) is 5.10 Å². The van der Waals surface area contributed by atoms with E-state index in [4.69, 9.17) is 0 Å². The van der Waals surface area contributed by atoms with E-state index in [9.17, 15) is 19.7 Å². The summed E-state index contributed by atoms with van der Waals surface area (Å²) in [5.41, 5.74) is 3.28. The fourth-order valence-electron chi connectivity index (χ4n) is 2.72. The Morgan fingerprint density at radius 3 is 2.60 bits per heavy atom. The molecule has 0 spiro atoms. The number of anilines is 1. The summed E-state index contributed by atoms with van der Waals surface area (Å²) in [6.07, 6.45) is 1.54. The van der Waals surface area contributed by atoms with Crippen LogP contribution in [0.4, 0.5) is 11.4 Å². The number of carbonyl (C=O) groups excluding carboxylic acids is 2. The Balaban J connectivity index is 2.02. The second-order valence-corrected chi connectivity index (χ2v) is 8.21. The number of amides is 2. The highest BCUT2D eigenvalue weighted by Crippen LogP contribution is 2.27. The Morgan fingerprint density at radius 1 is 1.30 bits per heavy atom. The topological polar surface area (TPSA) is 117 Å². The number of carbonyl (C=O) groups is 2. The third-order valence-corrected chi connectivity index (χ3v) is 5.12. The number of nitro benzene ring substituents is 1. The Bertz CT molecular complexity index is 925. The molecular formula is C20H25N5O4S. The maximum absolute atomic E-state index is 12.5. The van der Waals surface area contributed by atoms with Crippen LogP contribution in [-0.4, -0.2) is 43.1 Å². The van der Waals surface area contributed by atoms with Gasteiger partial charge in [0, 0.05) is 30.6 Å². The van der Waals surface area contributed by atoms with Gasteiger partial charge in [-0.3, -0.25) is 19.7 Å². The second-order valence-electron chi connectivity index (χ2n) is 7.18. The summed E-state index contributed by atoms with van der Waals surface area (Å²) in [7, 11) is 3.43. The highest BCUT2D eigenvalue weighted by molar-refractivity contribution is 7.10. The van der Waals surface area contributed by atoms with Crippen molar-refractivity contribution in [3.63, 3.8) is 0 Å². The van der Waals surface area contributed by atoms with E-state index in [0.29, 0.717) is 11.3 Å². The van der Waals surface area contributed by atoms with Gasteiger partial charge in [-0.25, -0.2) is 5.43 Å². The molecule has 0 bridgehead atoms. The summed E-state index contributed by atoms with van der Waals surface area (Å²) in [6.45, 7) is 3.64.